The van der Waals surface area contributed by atoms with Gasteiger partial charge in [-0.3, -0.25) is 0 Å². The summed E-state index contributed by atoms with van der Waals surface area (Å²) in [6.07, 6.45) is 1.70. The minimum atomic E-state index is 0. The van der Waals surface area contributed by atoms with E-state index < -0.39 is 0 Å². The van der Waals surface area contributed by atoms with Crippen LogP contribution in [0.3, 0.4) is 0 Å². The zero-order valence-corrected chi connectivity index (χ0v) is 13.3. The summed E-state index contributed by atoms with van der Waals surface area (Å²) in [6.45, 7) is 0. The van der Waals surface area contributed by atoms with Crippen LogP contribution in [0, 0.1) is 0 Å². The second kappa shape index (κ2) is 7.49. The number of nitrogens with two attached hydrogens (primary N) is 2. The molecule has 0 aliphatic heterocycles. The third-order valence-electron chi connectivity index (χ3n) is 3.39. The number of anilines is 1. The molecule has 8 heteroatoms. The second-order valence-corrected chi connectivity index (χ2v) is 4.97. The van der Waals surface area contributed by atoms with E-state index in [0.717, 1.165) is 12.8 Å². The monoisotopic (exact) mass is 344 g/mol. The summed E-state index contributed by atoms with van der Waals surface area (Å²) in [6, 6.07) is 8.82. The van der Waals surface area contributed by atoms with Gasteiger partial charge in [0.05, 0.1) is 0 Å². The molecule has 3 rings (SSSR count). The van der Waals surface area contributed by atoms with Gasteiger partial charge in [0.2, 0.25) is 0 Å². The van der Waals surface area contributed by atoms with Crippen molar-refractivity contribution in [2.45, 2.75) is 25.0 Å². The highest BCUT2D eigenvalue weighted by Gasteiger charge is 2.28. The van der Waals surface area contributed by atoms with Crippen LogP contribution in [-0.2, 0) is 0 Å². The highest BCUT2D eigenvalue weighted by molar-refractivity contribution is 5.85. The molecule has 0 radical (unpaired) electrons. The molecule has 0 unspecified atom stereocenters. The van der Waals surface area contributed by atoms with Gasteiger partial charge in [-0.25, -0.2) is 0 Å². The lowest BCUT2D eigenvalue weighted by molar-refractivity contribution is 0.101. The van der Waals surface area contributed by atoms with Crippen LogP contribution in [0.15, 0.2) is 30.3 Å². The molecule has 0 amide bonds. The van der Waals surface area contributed by atoms with Crippen LogP contribution >= 0.6 is 24.8 Å². The Morgan fingerprint density at radius 1 is 1.14 bits per heavy atom. The summed E-state index contributed by atoms with van der Waals surface area (Å²) in [5.41, 5.74) is 12.6. The number of phenolic OH excluding ortho intramolecular Hbond substituents is 1. The molecule has 5 N–H and O–H groups in total. The number of benzene rings is 1. The lowest BCUT2D eigenvalue weighted by atomic mass is 9.90. The Morgan fingerprint density at radius 3 is 2.45 bits per heavy atom. The quantitative estimate of drug-likeness (QED) is 0.787. The van der Waals surface area contributed by atoms with E-state index in [9.17, 15) is 5.11 Å². The van der Waals surface area contributed by atoms with Gasteiger partial charge in [0.25, 0.3) is 0 Å². The molecule has 2 aromatic rings. The number of nitrogen functional groups attached to an aromatic ring is 1. The first-order valence-corrected chi connectivity index (χ1v) is 6.47. The van der Waals surface area contributed by atoms with Crippen LogP contribution in [0.1, 0.15) is 12.8 Å². The van der Waals surface area contributed by atoms with Crippen LogP contribution in [0.2, 0.25) is 0 Å². The van der Waals surface area contributed by atoms with Gasteiger partial charge in [0.15, 0.2) is 11.6 Å². The standard InChI is InChI=1S/C14H16N4O2.2ClH/c15-8-5-9(6-8)20-13-7-11(17-18-14(13)16)10-3-1-2-4-12(10)19;;/h1-4,7-9,19H,5-6,15H2,(H2,16,18);2*1H/t8-,9-;;. The number of hydrogen-bond acceptors (Lipinski definition) is 6. The van der Waals surface area contributed by atoms with E-state index in [1.807, 2.05) is 6.07 Å². The molecule has 0 bridgehead atoms. The molecule has 1 aliphatic carbocycles. The predicted octanol–water partition coefficient (Wildman–Crippen LogP) is 2.14. The van der Waals surface area contributed by atoms with Gasteiger partial charge in [-0.1, -0.05) is 12.1 Å². The van der Waals surface area contributed by atoms with Crippen LogP contribution in [0.5, 0.6) is 11.5 Å². The van der Waals surface area contributed by atoms with Gasteiger partial charge < -0.3 is 21.3 Å². The Bertz CT molecular complexity index is 636. The average molecular weight is 345 g/mol. The van der Waals surface area contributed by atoms with E-state index in [2.05, 4.69) is 10.2 Å². The van der Waals surface area contributed by atoms with Crippen LogP contribution in [0.4, 0.5) is 5.82 Å². The second-order valence-electron chi connectivity index (χ2n) is 4.97. The number of nitrogens with zero attached hydrogens (tertiary/aromatic N) is 2. The van der Waals surface area contributed by atoms with Crippen LogP contribution in [0.25, 0.3) is 11.3 Å². The molecule has 22 heavy (non-hydrogen) atoms. The molecular weight excluding hydrogens is 327 g/mol. The molecule has 1 saturated carbocycles. The number of para-hydroxylation sites is 1. The Labute approximate surface area is 140 Å². The topological polar surface area (TPSA) is 107 Å². The highest BCUT2D eigenvalue weighted by atomic mass is 35.5. The van der Waals surface area contributed by atoms with Crippen LogP contribution in [-0.4, -0.2) is 27.4 Å². The fourth-order valence-corrected chi connectivity index (χ4v) is 2.18. The molecule has 120 valence electrons. The van der Waals surface area contributed by atoms with E-state index >= 15 is 0 Å². The number of aromatic nitrogens is 2. The molecule has 0 spiro atoms. The maximum Gasteiger partial charge on any atom is 0.188 e. The molecule has 1 aromatic heterocycles. The van der Waals surface area contributed by atoms with Crippen molar-refractivity contribution >= 4 is 30.6 Å². The third-order valence-corrected chi connectivity index (χ3v) is 3.39. The van der Waals surface area contributed by atoms with E-state index in [1.165, 1.54) is 0 Å². The van der Waals surface area contributed by atoms with Gasteiger partial charge in [-0.15, -0.1) is 35.0 Å². The molecule has 6 nitrogen and oxygen atoms in total. The first-order chi connectivity index (χ1) is 9.63. The normalized spacial score (nSPS) is 19.3. The SMILES string of the molecule is Cl.Cl.Nc1nnc(-c2ccccc2O)cc1O[C@H]1C[C@H](N)C1. The number of rotatable bonds is 3. The van der Waals surface area contributed by atoms with Gasteiger partial charge >= 0.3 is 0 Å². The van der Waals surface area contributed by atoms with Crippen molar-refractivity contribution in [1.82, 2.24) is 10.2 Å². The molecular formula is C14H18Cl2N4O2. The van der Waals surface area contributed by atoms with Crippen molar-refractivity contribution in [3.05, 3.63) is 30.3 Å². The van der Waals surface area contributed by atoms with E-state index in [0.29, 0.717) is 17.0 Å². The van der Waals surface area contributed by atoms with E-state index in [1.54, 1.807) is 24.3 Å². The van der Waals surface area contributed by atoms with Gasteiger partial charge in [-0.05, 0) is 25.0 Å². The Kier molecular flexibility index (Phi) is 6.22. The average Bonchev–Trinajstić information content (AvgIpc) is 2.40. The molecule has 0 atom stereocenters. The number of hydrogen-bond donors (Lipinski definition) is 3. The van der Waals surface area contributed by atoms with Crippen LogP contribution < -0.4 is 16.2 Å². The zero-order chi connectivity index (χ0) is 14.1. The summed E-state index contributed by atoms with van der Waals surface area (Å²) < 4.78 is 5.76. The number of ether oxygens (including phenoxy) is 1. The van der Waals surface area contributed by atoms with Crippen molar-refractivity contribution < 1.29 is 9.84 Å². The molecule has 1 fully saturated rings. The summed E-state index contributed by atoms with van der Waals surface area (Å²) in [5, 5.41) is 17.7. The first kappa shape index (κ1) is 18.3. The lowest BCUT2D eigenvalue weighted by Crippen LogP contribution is -2.43. The minimum absolute atomic E-state index is 0. The van der Waals surface area contributed by atoms with Crippen molar-refractivity contribution in [2.24, 2.45) is 5.73 Å². The molecule has 1 aromatic carbocycles. The van der Waals surface area contributed by atoms with Crippen molar-refractivity contribution in [1.29, 1.82) is 0 Å². The van der Waals surface area contributed by atoms with Crippen molar-refractivity contribution in [3.63, 3.8) is 0 Å². The molecule has 1 heterocycles. The predicted molar refractivity (Wildman–Crippen MR) is 89.7 cm³/mol. The summed E-state index contributed by atoms with van der Waals surface area (Å²) in [5.74, 6) is 0.864. The lowest BCUT2D eigenvalue weighted by Gasteiger charge is -2.32. The number of halogens is 2. The zero-order valence-electron chi connectivity index (χ0n) is 11.7. The third kappa shape index (κ3) is 3.71. The van der Waals surface area contributed by atoms with Crippen molar-refractivity contribution in [3.8, 4) is 22.8 Å². The fraction of sp³-hybridized carbons (Fsp3) is 0.286. The van der Waals surface area contributed by atoms with Crippen molar-refractivity contribution in [2.75, 3.05) is 5.73 Å². The summed E-state index contributed by atoms with van der Waals surface area (Å²) in [7, 11) is 0. The van der Waals surface area contributed by atoms with Gasteiger partial charge in [0, 0.05) is 17.7 Å². The summed E-state index contributed by atoms with van der Waals surface area (Å²) >= 11 is 0. The molecule has 0 saturated heterocycles. The largest absolute Gasteiger partial charge is 0.507 e. The summed E-state index contributed by atoms with van der Waals surface area (Å²) in [4.78, 5) is 0. The van der Waals surface area contributed by atoms with Gasteiger partial charge in [-0.2, -0.15) is 0 Å². The number of aromatic hydroxyl groups is 1. The Morgan fingerprint density at radius 2 is 1.82 bits per heavy atom. The first-order valence-electron chi connectivity index (χ1n) is 6.47. The van der Waals surface area contributed by atoms with E-state index in [4.69, 9.17) is 16.2 Å². The fourth-order valence-electron chi connectivity index (χ4n) is 2.18. The Hall–Kier alpha value is -1.76. The molecule has 1 aliphatic rings. The van der Waals surface area contributed by atoms with Gasteiger partial charge in [0.1, 0.15) is 17.5 Å². The maximum atomic E-state index is 9.84. The Balaban J connectivity index is 0.00000121. The van der Waals surface area contributed by atoms with E-state index in [-0.39, 0.29) is 48.5 Å². The maximum absolute atomic E-state index is 9.84. The number of phenols is 1. The smallest absolute Gasteiger partial charge is 0.188 e. The minimum Gasteiger partial charge on any atom is -0.507 e. The highest BCUT2D eigenvalue weighted by Crippen LogP contribution is 2.32.